The number of carbonyl (C=O) groups is 1. The van der Waals surface area contributed by atoms with E-state index in [1.54, 1.807) is 17.0 Å². The van der Waals surface area contributed by atoms with Crippen molar-refractivity contribution < 1.29 is 19.0 Å². The maximum atomic E-state index is 13.3. The van der Waals surface area contributed by atoms with Crippen molar-refractivity contribution in [1.29, 1.82) is 0 Å². The number of aliphatic hydroxyl groups is 1. The Morgan fingerprint density at radius 3 is 2.58 bits per heavy atom. The van der Waals surface area contributed by atoms with Crippen LogP contribution in [0.2, 0.25) is 0 Å². The molecule has 0 spiro atoms. The van der Waals surface area contributed by atoms with Gasteiger partial charge in [0.15, 0.2) is 0 Å². The van der Waals surface area contributed by atoms with Crippen molar-refractivity contribution in [2.75, 3.05) is 13.2 Å². The first-order valence-electron chi connectivity index (χ1n) is 8.62. The highest BCUT2D eigenvalue weighted by Gasteiger charge is 2.41. The van der Waals surface area contributed by atoms with E-state index in [0.29, 0.717) is 32.4 Å². The second-order valence-electron chi connectivity index (χ2n) is 6.46. The van der Waals surface area contributed by atoms with Gasteiger partial charge in [0.05, 0.1) is 6.54 Å². The van der Waals surface area contributed by atoms with E-state index in [1.165, 1.54) is 12.1 Å². The van der Waals surface area contributed by atoms with Gasteiger partial charge in [0.25, 0.3) is 0 Å². The molecular formula is C20H21BrFNO3. The highest BCUT2D eigenvalue weighted by molar-refractivity contribution is 9.10. The lowest BCUT2D eigenvalue weighted by molar-refractivity contribution is -0.0625. The molecule has 138 valence electrons. The van der Waals surface area contributed by atoms with Crippen LogP contribution in [0.1, 0.15) is 30.4 Å². The summed E-state index contributed by atoms with van der Waals surface area (Å²) in [5.41, 5.74) is 0.952. The number of carbonyl (C=O) groups excluding carboxylic acids is 1. The molecule has 1 fully saturated rings. The fourth-order valence-corrected chi connectivity index (χ4v) is 3.72. The average Bonchev–Trinajstić information content (AvgIpc) is 2.64. The molecule has 0 radical (unpaired) electrons. The minimum absolute atomic E-state index is 0.0151. The zero-order valence-corrected chi connectivity index (χ0v) is 15.9. The normalized spacial score (nSPS) is 20.1. The van der Waals surface area contributed by atoms with E-state index in [-0.39, 0.29) is 12.4 Å². The highest BCUT2D eigenvalue weighted by atomic mass is 79.9. The molecule has 4 nitrogen and oxygen atoms in total. The molecule has 1 N–H and O–H groups in total. The summed E-state index contributed by atoms with van der Waals surface area (Å²) >= 11 is 3.50. The molecule has 1 heterocycles. The lowest BCUT2D eigenvalue weighted by atomic mass is 9.84. The molecule has 0 aromatic heterocycles. The standard InChI is InChI=1S/C20H21BrFNO3/c21-18-5-2-1-4-15(18)14-23-12-11-20(10-3-13-24,26-19(23)25)16-6-8-17(22)9-7-16/h1-2,4-9,24H,3,10-14H2. The van der Waals surface area contributed by atoms with Gasteiger partial charge in [-0.1, -0.05) is 46.3 Å². The zero-order chi connectivity index (χ0) is 18.6. The van der Waals surface area contributed by atoms with Crippen molar-refractivity contribution in [1.82, 2.24) is 4.90 Å². The third kappa shape index (κ3) is 4.07. The summed E-state index contributed by atoms with van der Waals surface area (Å²) in [6, 6.07) is 13.8. The lowest BCUT2D eigenvalue weighted by Crippen LogP contribution is -2.47. The minimum atomic E-state index is -0.821. The van der Waals surface area contributed by atoms with Gasteiger partial charge in [-0.05, 0) is 42.2 Å². The third-order valence-electron chi connectivity index (χ3n) is 4.75. The van der Waals surface area contributed by atoms with E-state index >= 15 is 0 Å². The molecule has 6 heteroatoms. The largest absolute Gasteiger partial charge is 0.438 e. The average molecular weight is 422 g/mol. The van der Waals surface area contributed by atoms with Crippen molar-refractivity contribution in [3.63, 3.8) is 0 Å². The van der Waals surface area contributed by atoms with E-state index in [2.05, 4.69) is 15.9 Å². The quantitative estimate of drug-likeness (QED) is 0.741. The van der Waals surface area contributed by atoms with Crippen LogP contribution in [-0.4, -0.2) is 29.3 Å². The van der Waals surface area contributed by atoms with Crippen LogP contribution in [0.4, 0.5) is 9.18 Å². The van der Waals surface area contributed by atoms with Crippen LogP contribution < -0.4 is 0 Å². The third-order valence-corrected chi connectivity index (χ3v) is 5.53. The monoisotopic (exact) mass is 421 g/mol. The van der Waals surface area contributed by atoms with Crippen LogP contribution in [0.15, 0.2) is 53.0 Å². The molecule has 0 saturated carbocycles. The van der Waals surface area contributed by atoms with E-state index in [9.17, 15) is 14.3 Å². The summed E-state index contributed by atoms with van der Waals surface area (Å²) in [5.74, 6) is -0.330. The Morgan fingerprint density at radius 1 is 1.19 bits per heavy atom. The summed E-state index contributed by atoms with van der Waals surface area (Å²) in [5, 5.41) is 9.23. The Bertz CT molecular complexity index is 768. The van der Waals surface area contributed by atoms with Gasteiger partial charge < -0.3 is 14.7 Å². The maximum absolute atomic E-state index is 13.3. The van der Waals surface area contributed by atoms with Crippen molar-refractivity contribution in [3.05, 3.63) is 69.9 Å². The van der Waals surface area contributed by atoms with Gasteiger partial charge in [-0.15, -0.1) is 0 Å². The molecular weight excluding hydrogens is 401 g/mol. The van der Waals surface area contributed by atoms with Gasteiger partial charge in [-0.3, -0.25) is 0 Å². The summed E-state index contributed by atoms with van der Waals surface area (Å²) < 4.78 is 20.1. The van der Waals surface area contributed by atoms with Crippen molar-refractivity contribution >= 4 is 22.0 Å². The summed E-state index contributed by atoms with van der Waals surface area (Å²) in [6.07, 6.45) is 1.21. The Hall–Kier alpha value is -1.92. The molecule has 1 aliphatic rings. The Morgan fingerprint density at radius 2 is 1.92 bits per heavy atom. The summed E-state index contributed by atoms with van der Waals surface area (Å²) in [6.45, 7) is 1.00. The number of benzene rings is 2. The van der Waals surface area contributed by atoms with Crippen LogP contribution >= 0.6 is 15.9 Å². The fraction of sp³-hybridized carbons (Fsp3) is 0.350. The van der Waals surface area contributed by atoms with E-state index in [4.69, 9.17) is 4.74 Å². The number of aliphatic hydroxyl groups excluding tert-OH is 1. The molecule has 1 aliphatic heterocycles. The summed E-state index contributed by atoms with van der Waals surface area (Å²) in [7, 11) is 0. The first kappa shape index (κ1) is 18.9. The molecule has 2 aromatic rings. The Balaban J connectivity index is 1.79. The number of ether oxygens (including phenoxy) is 1. The van der Waals surface area contributed by atoms with Crippen molar-refractivity contribution in [3.8, 4) is 0 Å². The zero-order valence-electron chi connectivity index (χ0n) is 14.3. The van der Waals surface area contributed by atoms with Crippen molar-refractivity contribution in [2.45, 2.75) is 31.4 Å². The topological polar surface area (TPSA) is 49.8 Å². The van der Waals surface area contributed by atoms with Gasteiger partial charge in [0.2, 0.25) is 0 Å². The predicted molar refractivity (Wildman–Crippen MR) is 100 cm³/mol. The van der Waals surface area contributed by atoms with Crippen LogP contribution in [0.3, 0.4) is 0 Å². The van der Waals surface area contributed by atoms with Gasteiger partial charge in [0.1, 0.15) is 11.4 Å². The molecule has 0 aliphatic carbocycles. The van der Waals surface area contributed by atoms with Crippen LogP contribution in [0, 0.1) is 5.82 Å². The highest BCUT2D eigenvalue weighted by Crippen LogP contribution is 2.39. The fourth-order valence-electron chi connectivity index (χ4n) is 3.31. The van der Waals surface area contributed by atoms with E-state index in [0.717, 1.165) is 15.6 Å². The SMILES string of the molecule is O=C1OC(CCCO)(c2ccc(F)cc2)CCN1Cc1ccccc1Br. The van der Waals surface area contributed by atoms with Crippen LogP contribution in [0.25, 0.3) is 0 Å². The van der Waals surface area contributed by atoms with Crippen LogP contribution in [0.5, 0.6) is 0 Å². The second kappa shape index (κ2) is 8.18. The number of hydrogen-bond acceptors (Lipinski definition) is 3. The van der Waals surface area contributed by atoms with Crippen molar-refractivity contribution in [2.24, 2.45) is 0 Å². The Labute approximate surface area is 160 Å². The molecule has 2 aromatic carbocycles. The van der Waals surface area contributed by atoms with Gasteiger partial charge in [-0.2, -0.15) is 0 Å². The smallest absolute Gasteiger partial charge is 0.410 e. The number of amides is 1. The minimum Gasteiger partial charge on any atom is -0.438 e. The molecule has 1 saturated heterocycles. The number of hydrogen-bond donors (Lipinski definition) is 1. The number of cyclic esters (lactones) is 1. The second-order valence-corrected chi connectivity index (χ2v) is 7.31. The first-order chi connectivity index (χ1) is 12.5. The van der Waals surface area contributed by atoms with Gasteiger partial charge in [-0.25, -0.2) is 9.18 Å². The van der Waals surface area contributed by atoms with Crippen LogP contribution in [-0.2, 0) is 16.9 Å². The molecule has 3 rings (SSSR count). The van der Waals surface area contributed by atoms with Gasteiger partial charge >= 0.3 is 6.09 Å². The molecule has 1 unspecified atom stereocenters. The lowest BCUT2D eigenvalue weighted by Gasteiger charge is -2.41. The summed E-state index contributed by atoms with van der Waals surface area (Å²) in [4.78, 5) is 14.3. The van der Waals surface area contributed by atoms with Gasteiger partial charge in [0, 0.05) is 24.0 Å². The molecule has 1 atom stereocenters. The number of rotatable bonds is 6. The first-order valence-corrected chi connectivity index (χ1v) is 9.42. The van der Waals surface area contributed by atoms with E-state index in [1.807, 2.05) is 24.3 Å². The number of nitrogens with zero attached hydrogens (tertiary/aromatic N) is 1. The van der Waals surface area contributed by atoms with E-state index < -0.39 is 11.7 Å². The Kier molecular flexibility index (Phi) is 5.94. The molecule has 1 amide bonds. The number of halogens is 2. The predicted octanol–water partition coefficient (Wildman–Crippen LogP) is 4.60. The molecule has 0 bridgehead atoms. The molecule has 26 heavy (non-hydrogen) atoms. The maximum Gasteiger partial charge on any atom is 0.410 e.